The van der Waals surface area contributed by atoms with Gasteiger partial charge in [-0.1, -0.05) is 18.2 Å². The quantitative estimate of drug-likeness (QED) is 0.488. The first-order valence-electron chi connectivity index (χ1n) is 8.78. The van der Waals surface area contributed by atoms with E-state index < -0.39 is 12.1 Å². The zero-order valence-electron chi connectivity index (χ0n) is 15.7. The summed E-state index contributed by atoms with van der Waals surface area (Å²) in [5.41, 5.74) is 2.53. The summed E-state index contributed by atoms with van der Waals surface area (Å²) >= 11 is 0. The third kappa shape index (κ3) is 3.59. The van der Waals surface area contributed by atoms with Crippen LogP contribution in [0.5, 0.6) is 0 Å². The van der Waals surface area contributed by atoms with E-state index in [1.807, 2.05) is 50.2 Å². The average Bonchev–Trinajstić information content (AvgIpc) is 3.29. The Hall–Kier alpha value is -3.62. The second kappa shape index (κ2) is 7.18. The number of ether oxygens (including phenoxy) is 1. The maximum Gasteiger partial charge on any atom is 0.314 e. The van der Waals surface area contributed by atoms with Crippen LogP contribution in [0, 0.1) is 13.8 Å². The van der Waals surface area contributed by atoms with Gasteiger partial charge in [0.05, 0.1) is 0 Å². The van der Waals surface area contributed by atoms with E-state index in [2.05, 4.69) is 25.3 Å². The first-order valence-corrected chi connectivity index (χ1v) is 8.78. The number of carbonyl (C=O) groups excluding carboxylic acids is 1. The zero-order valence-corrected chi connectivity index (χ0v) is 15.7. The molecule has 1 atom stereocenters. The summed E-state index contributed by atoms with van der Waals surface area (Å²) in [4.78, 5) is 20.9. The van der Waals surface area contributed by atoms with Gasteiger partial charge in [-0.3, -0.25) is 4.79 Å². The molecule has 0 aliphatic carbocycles. The predicted molar refractivity (Wildman–Crippen MR) is 98.2 cm³/mol. The lowest BCUT2D eigenvalue weighted by atomic mass is 10.2. The minimum Gasteiger partial charge on any atom is -0.452 e. The van der Waals surface area contributed by atoms with Crippen LogP contribution in [-0.2, 0) is 16.0 Å². The number of esters is 1. The molecule has 0 bridgehead atoms. The van der Waals surface area contributed by atoms with Gasteiger partial charge in [0, 0.05) is 17.0 Å². The van der Waals surface area contributed by atoms with Gasteiger partial charge in [-0.05, 0) is 39.0 Å². The Balaban J connectivity index is 1.44. The van der Waals surface area contributed by atoms with Gasteiger partial charge in [0.1, 0.15) is 6.42 Å². The Kier molecular flexibility index (Phi) is 4.56. The molecule has 0 fully saturated rings. The summed E-state index contributed by atoms with van der Waals surface area (Å²) in [6.45, 7) is 5.46. The molecule has 0 radical (unpaired) electrons. The smallest absolute Gasteiger partial charge is 0.314 e. The van der Waals surface area contributed by atoms with Crippen molar-refractivity contribution in [1.29, 1.82) is 0 Å². The highest BCUT2D eigenvalue weighted by molar-refractivity contribution is 5.71. The summed E-state index contributed by atoms with van der Waals surface area (Å²) in [6.07, 6.45) is -0.761. The SMILES string of the molecule is Cc1cc(C)n2nc(CC(=O)OC(C)c3nnc(-c4ccccc4)o3)nc2n1. The number of carbonyl (C=O) groups is 1. The van der Waals surface area contributed by atoms with Gasteiger partial charge in [-0.25, -0.2) is 9.50 Å². The fraction of sp³-hybridized carbons (Fsp3) is 0.263. The number of hydrogen-bond acceptors (Lipinski definition) is 8. The number of aromatic nitrogens is 6. The number of benzene rings is 1. The van der Waals surface area contributed by atoms with Crippen molar-refractivity contribution < 1.29 is 13.9 Å². The summed E-state index contributed by atoms with van der Waals surface area (Å²) < 4.78 is 12.6. The van der Waals surface area contributed by atoms with Crippen molar-refractivity contribution >= 4 is 11.7 Å². The van der Waals surface area contributed by atoms with Gasteiger partial charge in [0.15, 0.2) is 11.9 Å². The van der Waals surface area contributed by atoms with Crippen LogP contribution in [0.2, 0.25) is 0 Å². The van der Waals surface area contributed by atoms with E-state index in [-0.39, 0.29) is 12.3 Å². The molecule has 0 spiro atoms. The molecular weight excluding hydrogens is 360 g/mol. The maximum atomic E-state index is 12.3. The lowest BCUT2D eigenvalue weighted by Gasteiger charge is -2.08. The number of aryl methyl sites for hydroxylation is 2. The van der Waals surface area contributed by atoms with E-state index >= 15 is 0 Å². The van der Waals surface area contributed by atoms with Crippen molar-refractivity contribution in [3.8, 4) is 11.5 Å². The molecule has 0 aliphatic rings. The highest BCUT2D eigenvalue weighted by Crippen LogP contribution is 2.22. The van der Waals surface area contributed by atoms with Crippen LogP contribution < -0.4 is 0 Å². The van der Waals surface area contributed by atoms with Gasteiger partial charge in [-0.2, -0.15) is 4.98 Å². The molecule has 0 saturated carbocycles. The fourth-order valence-corrected chi connectivity index (χ4v) is 2.80. The fourth-order valence-electron chi connectivity index (χ4n) is 2.80. The van der Waals surface area contributed by atoms with E-state index in [0.29, 0.717) is 17.5 Å². The standard InChI is InChI=1S/C19H18N6O3/c1-11-9-12(2)25-19(20-11)21-15(24-25)10-16(26)27-13(3)17-22-23-18(28-17)14-7-5-4-6-8-14/h4-9,13H,10H2,1-3H3. The van der Waals surface area contributed by atoms with Gasteiger partial charge in [0.25, 0.3) is 11.7 Å². The van der Waals surface area contributed by atoms with E-state index in [1.54, 1.807) is 11.4 Å². The minimum absolute atomic E-state index is 0.0775. The molecule has 4 rings (SSSR count). The van der Waals surface area contributed by atoms with Crippen LogP contribution in [0.25, 0.3) is 17.2 Å². The second-order valence-electron chi connectivity index (χ2n) is 6.40. The molecule has 1 aromatic carbocycles. The lowest BCUT2D eigenvalue weighted by Crippen LogP contribution is -2.12. The highest BCUT2D eigenvalue weighted by atomic mass is 16.6. The van der Waals surface area contributed by atoms with Crippen LogP contribution in [0.3, 0.4) is 0 Å². The van der Waals surface area contributed by atoms with Crippen molar-refractivity contribution in [3.05, 3.63) is 59.5 Å². The number of nitrogens with zero attached hydrogens (tertiary/aromatic N) is 6. The maximum absolute atomic E-state index is 12.3. The van der Waals surface area contributed by atoms with Crippen LogP contribution in [0.4, 0.5) is 0 Å². The van der Waals surface area contributed by atoms with Gasteiger partial charge >= 0.3 is 5.97 Å². The average molecular weight is 378 g/mol. The minimum atomic E-state index is -0.684. The number of hydrogen-bond donors (Lipinski definition) is 0. The molecule has 0 aliphatic heterocycles. The van der Waals surface area contributed by atoms with Crippen molar-refractivity contribution in [1.82, 2.24) is 29.8 Å². The Morgan fingerprint density at radius 3 is 2.75 bits per heavy atom. The highest BCUT2D eigenvalue weighted by Gasteiger charge is 2.20. The molecule has 3 heterocycles. The summed E-state index contributed by atoms with van der Waals surface area (Å²) in [6, 6.07) is 11.3. The third-order valence-electron chi connectivity index (χ3n) is 4.08. The molecule has 9 heteroatoms. The molecule has 1 unspecified atom stereocenters. The van der Waals surface area contributed by atoms with Crippen LogP contribution in [-0.4, -0.2) is 35.7 Å². The Labute approximate surface area is 160 Å². The summed E-state index contributed by atoms with van der Waals surface area (Å²) in [7, 11) is 0. The number of fused-ring (bicyclic) bond motifs is 1. The van der Waals surface area contributed by atoms with Gasteiger partial charge < -0.3 is 9.15 Å². The number of rotatable bonds is 5. The van der Waals surface area contributed by atoms with Crippen molar-refractivity contribution in [2.24, 2.45) is 0 Å². The van der Waals surface area contributed by atoms with E-state index in [1.165, 1.54) is 0 Å². The molecule has 9 nitrogen and oxygen atoms in total. The first kappa shape index (κ1) is 17.8. The molecule has 4 aromatic rings. The summed E-state index contributed by atoms with van der Waals surface area (Å²) in [5.74, 6) is 0.907. The molecule has 0 N–H and O–H groups in total. The molecule has 3 aromatic heterocycles. The van der Waals surface area contributed by atoms with Crippen molar-refractivity contribution in [3.63, 3.8) is 0 Å². The van der Waals surface area contributed by atoms with Gasteiger partial charge in [-0.15, -0.1) is 15.3 Å². The van der Waals surface area contributed by atoms with Crippen molar-refractivity contribution in [2.75, 3.05) is 0 Å². The van der Waals surface area contributed by atoms with Crippen molar-refractivity contribution in [2.45, 2.75) is 33.3 Å². The van der Waals surface area contributed by atoms with E-state index in [0.717, 1.165) is 17.0 Å². The molecule has 28 heavy (non-hydrogen) atoms. The van der Waals surface area contributed by atoms with E-state index in [9.17, 15) is 4.79 Å². The zero-order chi connectivity index (χ0) is 19.7. The molecule has 0 amide bonds. The second-order valence-corrected chi connectivity index (χ2v) is 6.40. The topological polar surface area (TPSA) is 108 Å². The Bertz CT molecular complexity index is 1140. The largest absolute Gasteiger partial charge is 0.452 e. The van der Waals surface area contributed by atoms with Crippen LogP contribution in [0.15, 0.2) is 40.8 Å². The monoisotopic (exact) mass is 378 g/mol. The molecule has 142 valence electrons. The van der Waals surface area contributed by atoms with Crippen LogP contribution >= 0.6 is 0 Å². The Morgan fingerprint density at radius 1 is 1.18 bits per heavy atom. The third-order valence-corrected chi connectivity index (χ3v) is 4.08. The van der Waals surface area contributed by atoms with Crippen LogP contribution in [0.1, 0.15) is 36.1 Å². The predicted octanol–water partition coefficient (Wildman–Crippen LogP) is 2.64. The lowest BCUT2D eigenvalue weighted by molar-refractivity contribution is -0.148. The van der Waals surface area contributed by atoms with E-state index in [4.69, 9.17) is 9.15 Å². The normalized spacial score (nSPS) is 12.2. The summed E-state index contributed by atoms with van der Waals surface area (Å²) in [5, 5.41) is 12.3. The molecular formula is C19H18N6O3. The van der Waals surface area contributed by atoms with Gasteiger partial charge in [0.2, 0.25) is 5.89 Å². The first-order chi connectivity index (χ1) is 13.5. The Morgan fingerprint density at radius 2 is 1.96 bits per heavy atom. The molecule has 0 saturated heterocycles.